The number of aliphatic imine (C=N–C) groups is 1. The summed E-state index contributed by atoms with van der Waals surface area (Å²) in [7, 11) is 0. The molecule has 2 rings (SSSR count). The summed E-state index contributed by atoms with van der Waals surface area (Å²) in [4.78, 5) is 9.11. The zero-order valence-corrected chi connectivity index (χ0v) is 18.7. The largest absolute Gasteiger partial charge is 0.379 e. The van der Waals surface area contributed by atoms with Gasteiger partial charge in [-0.1, -0.05) is 13.8 Å². The maximum absolute atomic E-state index is 5.87. The molecule has 0 amide bonds. The summed E-state index contributed by atoms with van der Waals surface area (Å²) in [5.41, 5.74) is 0. The van der Waals surface area contributed by atoms with Gasteiger partial charge in [0.05, 0.1) is 19.3 Å². The average Bonchev–Trinajstić information content (AvgIpc) is 3.22. The molecule has 0 spiro atoms. The fourth-order valence-corrected chi connectivity index (χ4v) is 2.72. The van der Waals surface area contributed by atoms with Crippen LogP contribution in [0.15, 0.2) is 17.4 Å². The van der Waals surface area contributed by atoms with Gasteiger partial charge in [-0.3, -0.25) is 0 Å². The molecule has 0 bridgehead atoms. The van der Waals surface area contributed by atoms with E-state index in [9.17, 15) is 0 Å². The number of rotatable bonds is 9. The minimum absolute atomic E-state index is 0. The molecule has 8 heteroatoms. The van der Waals surface area contributed by atoms with Crippen LogP contribution in [-0.4, -0.2) is 54.0 Å². The van der Waals surface area contributed by atoms with E-state index in [1.165, 1.54) is 0 Å². The monoisotopic (exact) mass is 479 g/mol. The van der Waals surface area contributed by atoms with Crippen LogP contribution in [0.5, 0.6) is 0 Å². The van der Waals surface area contributed by atoms with Gasteiger partial charge >= 0.3 is 0 Å². The molecule has 0 radical (unpaired) electrons. The molecule has 26 heavy (non-hydrogen) atoms. The van der Waals surface area contributed by atoms with Crippen molar-refractivity contribution in [2.45, 2.75) is 59.4 Å². The molecule has 0 aliphatic carbocycles. The van der Waals surface area contributed by atoms with Crippen molar-refractivity contribution in [3.63, 3.8) is 0 Å². The van der Waals surface area contributed by atoms with E-state index in [1.807, 2.05) is 12.4 Å². The van der Waals surface area contributed by atoms with E-state index in [4.69, 9.17) is 9.47 Å². The van der Waals surface area contributed by atoms with Crippen LogP contribution in [-0.2, 0) is 22.6 Å². The van der Waals surface area contributed by atoms with Crippen molar-refractivity contribution >= 4 is 29.9 Å². The molecule has 1 fully saturated rings. The molecule has 7 nitrogen and oxygen atoms in total. The Kier molecular flexibility index (Phi) is 11.1. The van der Waals surface area contributed by atoms with Crippen molar-refractivity contribution in [1.82, 2.24) is 20.2 Å². The number of nitrogens with zero attached hydrogens (tertiary/aromatic N) is 3. The predicted octanol–water partition coefficient (Wildman–Crippen LogP) is 2.41. The fourth-order valence-electron chi connectivity index (χ4n) is 2.72. The fraction of sp³-hybridized carbons (Fsp3) is 0.778. The zero-order chi connectivity index (χ0) is 18.1. The molecule has 1 aromatic heterocycles. The molecule has 2 heterocycles. The predicted molar refractivity (Wildman–Crippen MR) is 115 cm³/mol. The maximum Gasteiger partial charge on any atom is 0.191 e. The van der Waals surface area contributed by atoms with E-state index < -0.39 is 0 Å². The first-order valence-corrected chi connectivity index (χ1v) is 9.32. The van der Waals surface area contributed by atoms with Crippen LogP contribution in [0.1, 0.15) is 39.9 Å². The Bertz CT molecular complexity index is 529. The van der Waals surface area contributed by atoms with Gasteiger partial charge in [0.1, 0.15) is 12.4 Å². The molecule has 1 aliphatic rings. The summed E-state index contributed by atoms with van der Waals surface area (Å²) in [6.45, 7) is 13.1. The highest BCUT2D eigenvalue weighted by atomic mass is 127. The second-order valence-corrected chi connectivity index (χ2v) is 6.95. The van der Waals surface area contributed by atoms with Crippen LogP contribution in [0.25, 0.3) is 0 Å². The molecule has 1 aliphatic heterocycles. The van der Waals surface area contributed by atoms with Crippen LogP contribution in [0.4, 0.5) is 0 Å². The van der Waals surface area contributed by atoms with Crippen molar-refractivity contribution < 1.29 is 9.47 Å². The molecule has 0 aromatic carbocycles. The number of hydrogen-bond acceptors (Lipinski definition) is 4. The Labute approximate surface area is 174 Å². The van der Waals surface area contributed by atoms with Crippen molar-refractivity contribution in [2.24, 2.45) is 10.9 Å². The lowest BCUT2D eigenvalue weighted by Crippen LogP contribution is -2.44. The number of aromatic nitrogens is 2. The van der Waals surface area contributed by atoms with Gasteiger partial charge in [0, 0.05) is 38.1 Å². The Balaban J connectivity index is 0.00000338. The third-order valence-electron chi connectivity index (χ3n) is 3.94. The van der Waals surface area contributed by atoms with Crippen molar-refractivity contribution in [3.8, 4) is 0 Å². The van der Waals surface area contributed by atoms with E-state index in [0.717, 1.165) is 37.9 Å². The molecule has 150 valence electrons. The van der Waals surface area contributed by atoms with Crippen molar-refractivity contribution in [2.75, 3.05) is 26.4 Å². The quantitative estimate of drug-likeness (QED) is 0.324. The summed E-state index contributed by atoms with van der Waals surface area (Å²) in [5, 5.41) is 6.69. The maximum atomic E-state index is 5.87. The van der Waals surface area contributed by atoms with E-state index in [1.54, 1.807) is 0 Å². The summed E-state index contributed by atoms with van der Waals surface area (Å²) >= 11 is 0. The van der Waals surface area contributed by atoms with Gasteiger partial charge in [0.2, 0.25) is 0 Å². The summed E-state index contributed by atoms with van der Waals surface area (Å²) in [5.74, 6) is 2.36. The molecule has 2 N–H and O–H groups in total. The van der Waals surface area contributed by atoms with Crippen LogP contribution in [0.2, 0.25) is 0 Å². The number of hydrogen-bond donors (Lipinski definition) is 2. The second-order valence-electron chi connectivity index (χ2n) is 6.95. The van der Waals surface area contributed by atoms with Gasteiger partial charge < -0.3 is 24.7 Å². The van der Waals surface area contributed by atoms with Gasteiger partial charge in [-0.25, -0.2) is 9.98 Å². The number of halogens is 1. The molecule has 1 aromatic rings. The Morgan fingerprint density at radius 3 is 2.92 bits per heavy atom. The highest BCUT2D eigenvalue weighted by molar-refractivity contribution is 14.0. The Morgan fingerprint density at radius 1 is 1.46 bits per heavy atom. The van der Waals surface area contributed by atoms with Gasteiger partial charge in [-0.15, -0.1) is 24.0 Å². The summed E-state index contributed by atoms with van der Waals surface area (Å²) in [6.07, 6.45) is 5.07. The number of guanidine groups is 1. The van der Waals surface area contributed by atoms with E-state index in [2.05, 4.69) is 52.9 Å². The molecule has 0 saturated carbocycles. The van der Waals surface area contributed by atoms with Crippen LogP contribution < -0.4 is 10.6 Å². The van der Waals surface area contributed by atoms with Crippen LogP contribution in [0, 0.1) is 5.92 Å². The molecule has 1 saturated heterocycles. The molecule has 2 unspecified atom stereocenters. The summed E-state index contributed by atoms with van der Waals surface area (Å²) in [6, 6.07) is 0.175. The van der Waals surface area contributed by atoms with E-state index >= 15 is 0 Å². The van der Waals surface area contributed by atoms with E-state index in [-0.39, 0.29) is 36.1 Å². The lowest BCUT2D eigenvalue weighted by Gasteiger charge is -2.19. The first-order valence-electron chi connectivity index (χ1n) is 9.32. The van der Waals surface area contributed by atoms with Gasteiger partial charge in [0.15, 0.2) is 5.96 Å². The highest BCUT2D eigenvalue weighted by Crippen LogP contribution is 2.08. The average molecular weight is 479 g/mol. The number of nitrogens with one attached hydrogen (secondary N) is 2. The SMILES string of the molecule is CCNC(=NCc1nccn1CC(C)C)NC(C)COC1CCOC1.I. The third-order valence-corrected chi connectivity index (χ3v) is 3.94. The van der Waals surface area contributed by atoms with Gasteiger partial charge in [-0.05, 0) is 26.2 Å². The Morgan fingerprint density at radius 2 is 2.27 bits per heavy atom. The van der Waals surface area contributed by atoms with Crippen molar-refractivity contribution in [3.05, 3.63) is 18.2 Å². The standard InChI is InChI=1S/C18H33N5O2.HI/c1-5-19-18(22-15(4)12-25-16-6-9-24-13-16)21-10-17-20-7-8-23(17)11-14(2)3;/h7-8,14-16H,5-6,9-13H2,1-4H3,(H2,19,21,22);1H. The lowest BCUT2D eigenvalue weighted by molar-refractivity contribution is 0.0347. The van der Waals surface area contributed by atoms with Crippen LogP contribution >= 0.6 is 24.0 Å². The van der Waals surface area contributed by atoms with Gasteiger partial charge in [-0.2, -0.15) is 0 Å². The van der Waals surface area contributed by atoms with E-state index in [0.29, 0.717) is 25.7 Å². The first kappa shape index (κ1) is 23.2. The third kappa shape index (κ3) is 8.22. The van der Waals surface area contributed by atoms with Gasteiger partial charge in [0.25, 0.3) is 0 Å². The number of imidazole rings is 1. The molecular weight excluding hydrogens is 445 g/mol. The lowest BCUT2D eigenvalue weighted by atomic mass is 10.2. The van der Waals surface area contributed by atoms with Crippen molar-refractivity contribution in [1.29, 1.82) is 0 Å². The Hall–Kier alpha value is -0.870. The topological polar surface area (TPSA) is 72.7 Å². The number of ether oxygens (including phenoxy) is 2. The first-order chi connectivity index (χ1) is 12.1. The normalized spacial score (nSPS) is 18.7. The van der Waals surface area contributed by atoms with Crippen LogP contribution in [0.3, 0.4) is 0 Å². The summed E-state index contributed by atoms with van der Waals surface area (Å²) < 4.78 is 13.4. The minimum atomic E-state index is 0. The molecule has 2 atom stereocenters. The second kappa shape index (κ2) is 12.5. The smallest absolute Gasteiger partial charge is 0.191 e. The highest BCUT2D eigenvalue weighted by Gasteiger charge is 2.17. The zero-order valence-electron chi connectivity index (χ0n) is 16.4. The molecular formula is C18H34IN5O2. The minimum Gasteiger partial charge on any atom is -0.379 e.